The minimum absolute atomic E-state index is 0.0564. The van der Waals surface area contributed by atoms with Crippen molar-refractivity contribution in [1.29, 1.82) is 0 Å². The van der Waals surface area contributed by atoms with Crippen molar-refractivity contribution in [3.05, 3.63) is 47.8 Å². The van der Waals surface area contributed by atoms with E-state index >= 15 is 0 Å². The molecular weight excluding hydrogens is 490 g/mol. The zero-order valence-corrected chi connectivity index (χ0v) is 25.2. The fourth-order valence-electron chi connectivity index (χ4n) is 6.56. The molecule has 0 spiro atoms. The predicted octanol–water partition coefficient (Wildman–Crippen LogP) is 6.46. The Morgan fingerprint density at radius 3 is 2.47 bits per heavy atom. The van der Waals surface area contributed by atoms with Crippen molar-refractivity contribution in [3.8, 4) is 0 Å². The molecule has 1 fully saturated rings. The van der Waals surface area contributed by atoms with Crippen LogP contribution in [-0.4, -0.2) is 62.9 Å². The first-order valence-electron chi connectivity index (χ1n) is 14.5. The predicted molar refractivity (Wildman–Crippen MR) is 160 cm³/mol. The van der Waals surface area contributed by atoms with Gasteiger partial charge in [-0.1, -0.05) is 71.9 Å². The maximum absolute atomic E-state index is 6.87. The highest BCUT2D eigenvalue weighted by atomic mass is 28.4. The van der Waals surface area contributed by atoms with Crippen LogP contribution in [-0.2, 0) is 15.8 Å². The lowest BCUT2D eigenvalue weighted by Gasteiger charge is -2.42. The van der Waals surface area contributed by atoms with Gasteiger partial charge in [-0.05, 0) is 41.4 Å². The monoisotopic (exact) mass is 537 g/mol. The number of anilines is 2. The van der Waals surface area contributed by atoms with E-state index in [0.29, 0.717) is 35.9 Å². The summed E-state index contributed by atoms with van der Waals surface area (Å²) in [5.41, 5.74) is 3.89. The molecule has 1 aromatic carbocycles. The van der Waals surface area contributed by atoms with Gasteiger partial charge in [-0.25, -0.2) is 9.97 Å². The summed E-state index contributed by atoms with van der Waals surface area (Å²) in [5, 5.41) is 3.56. The van der Waals surface area contributed by atoms with Crippen molar-refractivity contribution < 1.29 is 9.16 Å². The van der Waals surface area contributed by atoms with Gasteiger partial charge in [-0.3, -0.25) is 4.99 Å². The van der Waals surface area contributed by atoms with Crippen LogP contribution >= 0.6 is 0 Å². The Balaban J connectivity index is 1.41. The van der Waals surface area contributed by atoms with E-state index in [4.69, 9.17) is 19.1 Å². The molecule has 38 heavy (non-hydrogen) atoms. The highest BCUT2D eigenvalue weighted by molar-refractivity contribution is 6.77. The van der Waals surface area contributed by atoms with Crippen LogP contribution in [0.2, 0.25) is 16.6 Å². The second-order valence-corrected chi connectivity index (χ2v) is 17.2. The minimum atomic E-state index is -1.94. The molecule has 8 heteroatoms. The van der Waals surface area contributed by atoms with E-state index in [9.17, 15) is 0 Å². The molecule has 0 unspecified atom stereocenters. The maximum Gasteiger partial charge on any atom is 0.200 e. The normalized spacial score (nSPS) is 19.8. The number of benzene rings is 1. The van der Waals surface area contributed by atoms with E-state index in [1.54, 1.807) is 6.33 Å². The first kappa shape index (κ1) is 28.7. The van der Waals surface area contributed by atoms with Gasteiger partial charge in [0.05, 0.1) is 24.8 Å². The van der Waals surface area contributed by atoms with Crippen molar-refractivity contribution in [2.24, 2.45) is 4.99 Å². The van der Waals surface area contributed by atoms with Crippen molar-refractivity contribution in [2.45, 2.75) is 96.1 Å². The molecule has 2 aliphatic heterocycles. The SMILES string of the molecule is CC(C)[Si](OC[C@@H]1CNc2ncnc(N3CCC[C@H]3CCOCc3ccccc3)c2C=N1)(C(C)C)C(C)C. The topological polar surface area (TPSA) is 71.9 Å². The Hall–Kier alpha value is -2.29. The van der Waals surface area contributed by atoms with Gasteiger partial charge in [-0.2, -0.15) is 0 Å². The first-order chi connectivity index (χ1) is 18.3. The Bertz CT molecular complexity index is 1020. The lowest BCUT2D eigenvalue weighted by atomic mass is 10.1. The number of nitrogens with zero attached hydrogens (tertiary/aromatic N) is 4. The molecule has 0 saturated carbocycles. The molecular formula is C30H47N5O2Si. The van der Waals surface area contributed by atoms with E-state index in [2.05, 4.69) is 81.0 Å². The number of aliphatic imine (C=N–C) groups is 1. The Morgan fingerprint density at radius 1 is 1.03 bits per heavy atom. The standard InChI is InChI=1S/C30H47N5O2Si/c1-22(2)38(23(3)4,24(5)6)37-20-26-17-32-29-28(18-31-26)30(34-21-33-29)35-15-10-13-27(35)14-16-36-19-25-11-8-7-9-12-25/h7-9,11-12,18,21-24,26-27H,10,13-17,19-20H2,1-6H3,(H,32,33,34)/t26-,27-/m0/s1. The van der Waals surface area contributed by atoms with Crippen LogP contribution in [0, 0.1) is 0 Å². The summed E-state index contributed by atoms with van der Waals surface area (Å²) in [6, 6.07) is 10.8. The van der Waals surface area contributed by atoms with Crippen LogP contribution in [0.25, 0.3) is 0 Å². The summed E-state index contributed by atoms with van der Waals surface area (Å²) < 4.78 is 12.9. The van der Waals surface area contributed by atoms with Crippen molar-refractivity contribution >= 4 is 26.2 Å². The number of hydrogen-bond donors (Lipinski definition) is 1. The third kappa shape index (κ3) is 6.46. The lowest BCUT2D eigenvalue weighted by molar-refractivity contribution is 0.114. The molecule has 3 heterocycles. The summed E-state index contributed by atoms with van der Waals surface area (Å²) in [6.45, 7) is 17.7. The molecule has 1 saturated heterocycles. The Labute approximate surface area is 230 Å². The lowest BCUT2D eigenvalue weighted by Crippen LogP contribution is -2.49. The molecule has 2 aliphatic rings. The summed E-state index contributed by atoms with van der Waals surface area (Å²) in [7, 11) is -1.94. The number of rotatable bonds is 12. The van der Waals surface area contributed by atoms with Crippen molar-refractivity contribution in [3.63, 3.8) is 0 Å². The highest BCUT2D eigenvalue weighted by Gasteiger charge is 2.45. The fraction of sp³-hybridized carbons (Fsp3) is 0.633. The molecule has 0 bridgehead atoms. The Morgan fingerprint density at radius 2 is 1.76 bits per heavy atom. The van der Waals surface area contributed by atoms with Crippen LogP contribution in [0.15, 0.2) is 41.7 Å². The molecule has 0 aliphatic carbocycles. The molecule has 4 rings (SSSR count). The van der Waals surface area contributed by atoms with Crippen LogP contribution in [0.5, 0.6) is 0 Å². The van der Waals surface area contributed by atoms with Crippen LogP contribution in [0.1, 0.15) is 71.9 Å². The van der Waals surface area contributed by atoms with Gasteiger partial charge in [-0.15, -0.1) is 0 Å². The van der Waals surface area contributed by atoms with E-state index in [1.165, 1.54) is 5.56 Å². The number of hydrogen-bond acceptors (Lipinski definition) is 7. The minimum Gasteiger partial charge on any atom is -0.414 e. The van der Waals surface area contributed by atoms with Gasteiger partial charge in [0.25, 0.3) is 0 Å². The molecule has 208 valence electrons. The number of fused-ring (bicyclic) bond motifs is 1. The zero-order valence-electron chi connectivity index (χ0n) is 24.2. The van der Waals surface area contributed by atoms with E-state index < -0.39 is 8.32 Å². The second-order valence-electron chi connectivity index (χ2n) is 11.7. The molecule has 0 amide bonds. The van der Waals surface area contributed by atoms with Gasteiger partial charge < -0.3 is 19.4 Å². The largest absolute Gasteiger partial charge is 0.414 e. The molecule has 1 N–H and O–H groups in total. The van der Waals surface area contributed by atoms with Crippen LogP contribution in [0.4, 0.5) is 11.6 Å². The fourth-order valence-corrected chi connectivity index (χ4v) is 12.0. The van der Waals surface area contributed by atoms with Crippen molar-refractivity contribution in [2.75, 3.05) is 36.5 Å². The second kappa shape index (κ2) is 13.2. The summed E-state index contributed by atoms with van der Waals surface area (Å²) in [5.74, 6) is 1.85. The van der Waals surface area contributed by atoms with Gasteiger partial charge >= 0.3 is 0 Å². The molecule has 7 nitrogen and oxygen atoms in total. The molecule has 1 aromatic heterocycles. The number of ether oxygens (including phenoxy) is 1. The average Bonchev–Trinajstić information content (AvgIpc) is 3.26. The molecule has 0 radical (unpaired) electrons. The van der Waals surface area contributed by atoms with E-state index in [1.807, 2.05) is 12.3 Å². The number of aromatic nitrogens is 2. The smallest absolute Gasteiger partial charge is 0.200 e. The number of nitrogens with one attached hydrogen (secondary N) is 1. The van der Waals surface area contributed by atoms with Crippen LogP contribution < -0.4 is 10.2 Å². The highest BCUT2D eigenvalue weighted by Crippen LogP contribution is 2.42. The summed E-state index contributed by atoms with van der Waals surface area (Å²) >= 11 is 0. The maximum atomic E-state index is 6.87. The average molecular weight is 538 g/mol. The molecule has 2 aromatic rings. The van der Waals surface area contributed by atoms with Crippen molar-refractivity contribution in [1.82, 2.24) is 9.97 Å². The first-order valence-corrected chi connectivity index (χ1v) is 16.6. The van der Waals surface area contributed by atoms with Gasteiger partial charge in [0.2, 0.25) is 0 Å². The summed E-state index contributed by atoms with van der Waals surface area (Å²) in [4.78, 5) is 16.7. The van der Waals surface area contributed by atoms with Crippen LogP contribution in [0.3, 0.4) is 0 Å². The van der Waals surface area contributed by atoms with E-state index in [0.717, 1.165) is 56.2 Å². The summed E-state index contributed by atoms with van der Waals surface area (Å²) in [6.07, 6.45) is 6.97. The third-order valence-electron chi connectivity index (χ3n) is 8.37. The van der Waals surface area contributed by atoms with Gasteiger partial charge in [0, 0.05) is 32.0 Å². The molecule has 2 atom stereocenters. The van der Waals surface area contributed by atoms with E-state index in [-0.39, 0.29) is 6.04 Å². The quantitative estimate of drug-likeness (QED) is 0.248. The zero-order chi connectivity index (χ0) is 27.1. The third-order valence-corrected chi connectivity index (χ3v) is 14.5. The van der Waals surface area contributed by atoms with Gasteiger partial charge in [0.15, 0.2) is 8.32 Å². The van der Waals surface area contributed by atoms with Gasteiger partial charge in [0.1, 0.15) is 18.0 Å². The Kier molecular flexibility index (Phi) is 9.95.